The summed E-state index contributed by atoms with van der Waals surface area (Å²) in [6, 6.07) is 0. The van der Waals surface area contributed by atoms with Crippen molar-refractivity contribution in [3.05, 3.63) is 75.4 Å². The Morgan fingerprint density at radius 1 is 0.537 bits per heavy atom. The number of ether oxygens (including phenoxy) is 7. The standard InChI is InChI=1S/C28H34O13/c1-8-21(29)37-14-27(15-38-22(30)9-2,16-39-23(31)10-3)13-36-17-28(18-40-24(32)11-4,19-41-25(33)12-5)20(6)26(34)35-7/h8-12H,1-6,13-19H2,7H3. The van der Waals surface area contributed by atoms with Crippen LogP contribution in [0, 0.1) is 10.8 Å². The van der Waals surface area contributed by atoms with Crippen molar-refractivity contribution < 1.29 is 61.9 Å². The molecule has 13 heteroatoms. The van der Waals surface area contributed by atoms with Gasteiger partial charge in [0.1, 0.15) is 33.0 Å². The van der Waals surface area contributed by atoms with E-state index in [2.05, 4.69) is 39.5 Å². The molecule has 0 aromatic heterocycles. The van der Waals surface area contributed by atoms with E-state index in [4.69, 9.17) is 33.2 Å². The topological polar surface area (TPSA) is 167 Å². The molecule has 0 aliphatic carbocycles. The first-order valence-corrected chi connectivity index (χ1v) is 11.7. The van der Waals surface area contributed by atoms with Crippen molar-refractivity contribution in [1.29, 1.82) is 0 Å². The van der Waals surface area contributed by atoms with Crippen molar-refractivity contribution >= 4 is 35.8 Å². The molecule has 0 saturated heterocycles. The van der Waals surface area contributed by atoms with Crippen molar-refractivity contribution in [3.8, 4) is 0 Å². The lowest BCUT2D eigenvalue weighted by Gasteiger charge is -2.36. The molecule has 0 saturated carbocycles. The fourth-order valence-electron chi connectivity index (χ4n) is 2.82. The highest BCUT2D eigenvalue weighted by molar-refractivity contribution is 5.90. The molecule has 0 radical (unpaired) electrons. The summed E-state index contributed by atoms with van der Waals surface area (Å²) in [5.74, 6) is -5.23. The molecule has 0 unspecified atom stereocenters. The highest BCUT2D eigenvalue weighted by atomic mass is 16.6. The Hall–Kier alpha value is -4.78. The predicted octanol–water partition coefficient (Wildman–Crippen LogP) is 1.35. The Morgan fingerprint density at radius 3 is 1.15 bits per heavy atom. The quantitative estimate of drug-likeness (QED) is 0.109. The minimum atomic E-state index is -1.72. The molecule has 0 aromatic rings. The fourth-order valence-corrected chi connectivity index (χ4v) is 2.82. The zero-order valence-electron chi connectivity index (χ0n) is 22.9. The largest absolute Gasteiger partial charge is 0.466 e. The van der Waals surface area contributed by atoms with Gasteiger partial charge in [-0.15, -0.1) is 0 Å². The molecule has 0 N–H and O–H groups in total. The van der Waals surface area contributed by atoms with Crippen molar-refractivity contribution in [2.24, 2.45) is 10.8 Å². The number of hydrogen-bond acceptors (Lipinski definition) is 13. The minimum Gasteiger partial charge on any atom is -0.466 e. The third-order valence-corrected chi connectivity index (χ3v) is 5.24. The molecule has 13 nitrogen and oxygen atoms in total. The fraction of sp³-hybridized carbons (Fsp3) is 0.357. The second kappa shape index (κ2) is 18.5. The number of esters is 6. The number of rotatable bonds is 21. The van der Waals surface area contributed by atoms with Crippen LogP contribution in [0.2, 0.25) is 0 Å². The van der Waals surface area contributed by atoms with Gasteiger partial charge in [-0.05, 0) is 0 Å². The Balaban J connectivity index is 6.47. The third kappa shape index (κ3) is 12.7. The molecule has 0 fully saturated rings. The maximum atomic E-state index is 12.5. The lowest BCUT2D eigenvalue weighted by atomic mass is 9.82. The third-order valence-electron chi connectivity index (χ3n) is 5.24. The van der Waals surface area contributed by atoms with Gasteiger partial charge in [-0.3, -0.25) is 0 Å². The van der Waals surface area contributed by atoms with Crippen molar-refractivity contribution in [3.63, 3.8) is 0 Å². The molecule has 0 bridgehead atoms. The molecule has 0 amide bonds. The normalized spacial score (nSPS) is 10.6. The van der Waals surface area contributed by atoms with E-state index in [-0.39, 0.29) is 5.57 Å². The number of hydrogen-bond donors (Lipinski definition) is 0. The maximum absolute atomic E-state index is 12.5. The molecular formula is C28H34O13. The van der Waals surface area contributed by atoms with E-state index >= 15 is 0 Å². The molecule has 224 valence electrons. The predicted molar refractivity (Wildman–Crippen MR) is 143 cm³/mol. The van der Waals surface area contributed by atoms with E-state index in [1.807, 2.05) is 0 Å². The van der Waals surface area contributed by atoms with E-state index in [1.165, 1.54) is 0 Å². The van der Waals surface area contributed by atoms with Crippen LogP contribution >= 0.6 is 0 Å². The SMILES string of the molecule is C=CC(=O)OCC(COCC(COC(=O)C=C)(COC(=O)C=C)C(=C)C(=O)OC)(COC(=O)C=C)COC(=O)C=C. The van der Waals surface area contributed by atoms with E-state index in [0.29, 0.717) is 0 Å². The number of carbonyl (C=O) groups is 6. The van der Waals surface area contributed by atoms with Crippen LogP contribution in [0.25, 0.3) is 0 Å². The molecule has 0 heterocycles. The van der Waals surface area contributed by atoms with Crippen molar-refractivity contribution in [2.45, 2.75) is 0 Å². The smallest absolute Gasteiger partial charge is 0.334 e. The summed E-state index contributed by atoms with van der Waals surface area (Å²) in [5.41, 5.74) is -3.54. The zero-order chi connectivity index (χ0) is 31.5. The minimum absolute atomic E-state index is 0.298. The maximum Gasteiger partial charge on any atom is 0.334 e. The lowest BCUT2D eigenvalue weighted by molar-refractivity contribution is -0.165. The summed E-state index contributed by atoms with van der Waals surface area (Å²) in [6.45, 7) is 16.5. The summed E-state index contributed by atoms with van der Waals surface area (Å²) in [6.07, 6.45) is 4.37. The summed E-state index contributed by atoms with van der Waals surface area (Å²) >= 11 is 0. The van der Waals surface area contributed by atoms with Crippen LogP contribution in [0.1, 0.15) is 0 Å². The number of methoxy groups -OCH3 is 1. The van der Waals surface area contributed by atoms with Crippen LogP contribution in [0.15, 0.2) is 75.4 Å². The van der Waals surface area contributed by atoms with Gasteiger partial charge in [-0.25, -0.2) is 28.8 Å². The van der Waals surface area contributed by atoms with E-state index in [1.54, 1.807) is 0 Å². The molecule has 0 rings (SSSR count). The summed E-state index contributed by atoms with van der Waals surface area (Å²) in [5, 5.41) is 0. The first kappa shape index (κ1) is 36.2. The van der Waals surface area contributed by atoms with Crippen LogP contribution in [-0.4, -0.2) is 89.2 Å². The van der Waals surface area contributed by atoms with Crippen LogP contribution in [0.4, 0.5) is 0 Å². The zero-order valence-corrected chi connectivity index (χ0v) is 22.9. The van der Waals surface area contributed by atoms with Gasteiger partial charge in [0.15, 0.2) is 0 Å². The Bertz CT molecular complexity index is 969. The van der Waals surface area contributed by atoms with Gasteiger partial charge < -0.3 is 33.2 Å². The molecule has 41 heavy (non-hydrogen) atoms. The lowest BCUT2D eigenvalue weighted by Crippen LogP contribution is -2.46. The van der Waals surface area contributed by atoms with Crippen LogP contribution in [0.5, 0.6) is 0 Å². The van der Waals surface area contributed by atoms with Crippen molar-refractivity contribution in [1.82, 2.24) is 0 Å². The highest BCUT2D eigenvalue weighted by Gasteiger charge is 2.43. The second-order valence-electron chi connectivity index (χ2n) is 8.30. The summed E-state index contributed by atoms with van der Waals surface area (Å²) in [7, 11) is 1.07. The van der Waals surface area contributed by atoms with E-state index in [9.17, 15) is 28.8 Å². The van der Waals surface area contributed by atoms with E-state index < -0.39 is 92.9 Å². The van der Waals surface area contributed by atoms with Gasteiger partial charge in [0.25, 0.3) is 0 Å². The van der Waals surface area contributed by atoms with Gasteiger partial charge >= 0.3 is 35.8 Å². The Morgan fingerprint density at radius 2 is 0.854 bits per heavy atom. The van der Waals surface area contributed by atoms with Gasteiger partial charge in [0, 0.05) is 36.0 Å². The highest BCUT2D eigenvalue weighted by Crippen LogP contribution is 2.31. The van der Waals surface area contributed by atoms with Gasteiger partial charge in [-0.1, -0.05) is 39.5 Å². The van der Waals surface area contributed by atoms with Gasteiger partial charge in [0.2, 0.25) is 0 Å². The van der Waals surface area contributed by atoms with Crippen molar-refractivity contribution in [2.75, 3.05) is 53.4 Å². The molecular weight excluding hydrogens is 544 g/mol. The first-order chi connectivity index (χ1) is 19.4. The molecule has 0 atom stereocenters. The van der Waals surface area contributed by atoms with Gasteiger partial charge in [0.05, 0.1) is 31.2 Å². The van der Waals surface area contributed by atoms with Crippen LogP contribution < -0.4 is 0 Å². The van der Waals surface area contributed by atoms with Gasteiger partial charge in [-0.2, -0.15) is 0 Å². The second-order valence-corrected chi connectivity index (χ2v) is 8.30. The van der Waals surface area contributed by atoms with Crippen LogP contribution in [0.3, 0.4) is 0 Å². The Kier molecular flexibility index (Phi) is 16.3. The van der Waals surface area contributed by atoms with E-state index in [0.717, 1.165) is 37.5 Å². The Labute approximate surface area is 237 Å². The summed E-state index contributed by atoms with van der Waals surface area (Å²) < 4.78 is 36.3. The average Bonchev–Trinajstić information content (AvgIpc) is 3.00. The first-order valence-electron chi connectivity index (χ1n) is 11.7. The average molecular weight is 579 g/mol. The molecule has 0 spiro atoms. The number of carbonyl (C=O) groups excluding carboxylic acids is 6. The van der Waals surface area contributed by atoms with Crippen LogP contribution in [-0.2, 0) is 61.9 Å². The monoisotopic (exact) mass is 578 g/mol. The molecule has 0 aliphatic rings. The molecule has 0 aliphatic heterocycles. The molecule has 0 aromatic carbocycles. The summed E-state index contributed by atoms with van der Waals surface area (Å²) in [4.78, 5) is 71.7.